The zero-order chi connectivity index (χ0) is 23.1. The lowest BCUT2D eigenvalue weighted by Crippen LogP contribution is -2.40. The molecule has 0 radical (unpaired) electrons. The number of carboxylic acids is 1. The number of aliphatic carboxylic acids is 1. The highest BCUT2D eigenvalue weighted by molar-refractivity contribution is 5.97. The van der Waals surface area contributed by atoms with Gasteiger partial charge in [0.25, 0.3) is 5.91 Å². The fourth-order valence-corrected chi connectivity index (χ4v) is 3.42. The van der Waals surface area contributed by atoms with Crippen LogP contribution in [0, 0.1) is 5.92 Å². The summed E-state index contributed by atoms with van der Waals surface area (Å²) in [5.74, 6) is -2.93. The number of amides is 1. The Hall–Kier alpha value is -3.78. The van der Waals surface area contributed by atoms with Gasteiger partial charge in [-0.3, -0.25) is 19.5 Å². The standard InChI is InChI=1S/C24H25N3O5/c1-15(29)21-13-22(27-26-21)23(30)25-20(12-19(14-28)24(31)32)11-16-7-9-18(10-8-16)17-5-3-2-4-6-17/h2-10,13,19-20,28H,11-12,14H2,1H3,(H,25,30)(H,26,27)(H,31,32)/t19-,20+/m0/s1. The number of Topliss-reactive ketones (excluding diaryl/α,β-unsaturated/α-hetero) is 1. The fraction of sp³-hybridized carbons (Fsp3) is 0.250. The third-order valence-corrected chi connectivity index (χ3v) is 5.20. The van der Waals surface area contributed by atoms with Gasteiger partial charge in [-0.1, -0.05) is 54.6 Å². The number of rotatable bonds is 10. The zero-order valence-corrected chi connectivity index (χ0v) is 17.6. The average Bonchev–Trinajstić information content (AvgIpc) is 3.29. The normalized spacial score (nSPS) is 12.7. The molecule has 1 aromatic heterocycles. The van der Waals surface area contributed by atoms with Gasteiger partial charge in [0.15, 0.2) is 5.78 Å². The predicted octanol–water partition coefficient (Wildman–Crippen LogP) is 2.70. The topological polar surface area (TPSA) is 132 Å². The Bertz CT molecular complexity index is 1080. The Morgan fingerprint density at radius 1 is 1.03 bits per heavy atom. The average molecular weight is 435 g/mol. The maximum absolute atomic E-state index is 12.7. The van der Waals surface area contributed by atoms with Crippen LogP contribution in [0.1, 0.15) is 39.9 Å². The molecule has 8 heteroatoms. The summed E-state index contributed by atoms with van der Waals surface area (Å²) < 4.78 is 0. The molecule has 1 amide bonds. The van der Waals surface area contributed by atoms with Crippen molar-refractivity contribution in [2.75, 3.05) is 6.61 Å². The molecule has 3 rings (SSSR count). The Morgan fingerprint density at radius 3 is 2.25 bits per heavy atom. The summed E-state index contributed by atoms with van der Waals surface area (Å²) in [6.45, 7) is 0.811. The van der Waals surface area contributed by atoms with Crippen LogP contribution in [0.5, 0.6) is 0 Å². The lowest BCUT2D eigenvalue weighted by molar-refractivity contribution is -0.143. The number of carbonyl (C=O) groups is 3. The van der Waals surface area contributed by atoms with E-state index in [4.69, 9.17) is 0 Å². The number of benzene rings is 2. The molecule has 0 aliphatic carbocycles. The molecule has 0 aliphatic rings. The van der Waals surface area contributed by atoms with E-state index in [2.05, 4.69) is 15.5 Å². The van der Waals surface area contributed by atoms with Crippen LogP contribution in [0.15, 0.2) is 60.7 Å². The van der Waals surface area contributed by atoms with Crippen LogP contribution < -0.4 is 5.32 Å². The Morgan fingerprint density at radius 2 is 1.69 bits per heavy atom. The Labute approximate surface area is 185 Å². The summed E-state index contributed by atoms with van der Waals surface area (Å²) in [6.07, 6.45) is 0.421. The van der Waals surface area contributed by atoms with Gasteiger partial charge in [-0.25, -0.2) is 0 Å². The summed E-state index contributed by atoms with van der Waals surface area (Å²) in [5, 5.41) is 27.9. The molecule has 1 heterocycles. The number of hydrogen-bond acceptors (Lipinski definition) is 5. The largest absolute Gasteiger partial charge is 0.481 e. The predicted molar refractivity (Wildman–Crippen MR) is 118 cm³/mol. The first-order valence-corrected chi connectivity index (χ1v) is 10.2. The van der Waals surface area contributed by atoms with Crippen molar-refractivity contribution >= 4 is 17.7 Å². The van der Waals surface area contributed by atoms with Crippen molar-refractivity contribution < 1.29 is 24.6 Å². The maximum atomic E-state index is 12.7. The Kier molecular flexibility index (Phi) is 7.51. The van der Waals surface area contributed by atoms with Crippen LogP contribution in [0.4, 0.5) is 0 Å². The molecule has 0 spiro atoms. The third-order valence-electron chi connectivity index (χ3n) is 5.20. The van der Waals surface area contributed by atoms with Crippen molar-refractivity contribution in [3.63, 3.8) is 0 Å². The van der Waals surface area contributed by atoms with Crippen LogP contribution in [-0.4, -0.2) is 50.7 Å². The van der Waals surface area contributed by atoms with E-state index in [1.165, 1.54) is 13.0 Å². The number of aliphatic hydroxyl groups is 1. The molecule has 4 N–H and O–H groups in total. The first-order valence-electron chi connectivity index (χ1n) is 10.2. The van der Waals surface area contributed by atoms with Crippen molar-refractivity contribution in [2.45, 2.75) is 25.8 Å². The van der Waals surface area contributed by atoms with E-state index < -0.39 is 30.4 Å². The quantitative estimate of drug-likeness (QED) is 0.362. The minimum atomic E-state index is -1.13. The van der Waals surface area contributed by atoms with Crippen LogP contribution in [-0.2, 0) is 11.2 Å². The first kappa shape index (κ1) is 22.9. The summed E-state index contributed by atoms with van der Waals surface area (Å²) in [4.78, 5) is 35.5. The van der Waals surface area contributed by atoms with Crippen LogP contribution in [0.25, 0.3) is 11.1 Å². The minimum Gasteiger partial charge on any atom is -0.481 e. The van der Waals surface area contributed by atoms with Crippen molar-refractivity contribution in [3.8, 4) is 11.1 Å². The molecule has 0 bridgehead atoms. The lowest BCUT2D eigenvalue weighted by atomic mass is 9.94. The van der Waals surface area contributed by atoms with Crippen LogP contribution in [0.3, 0.4) is 0 Å². The number of aromatic amines is 1. The molecular weight excluding hydrogens is 410 g/mol. The van der Waals surface area contributed by atoms with Gasteiger partial charge in [-0.15, -0.1) is 0 Å². The first-order chi connectivity index (χ1) is 15.4. The van der Waals surface area contributed by atoms with E-state index in [-0.39, 0.29) is 23.6 Å². The van der Waals surface area contributed by atoms with Gasteiger partial charge in [-0.05, 0) is 35.6 Å². The van der Waals surface area contributed by atoms with Crippen LogP contribution in [0.2, 0.25) is 0 Å². The van der Waals surface area contributed by atoms with Crippen molar-refractivity contribution in [1.82, 2.24) is 15.5 Å². The summed E-state index contributed by atoms with van der Waals surface area (Å²) >= 11 is 0. The molecule has 2 aromatic carbocycles. The van der Waals surface area contributed by atoms with Gasteiger partial charge < -0.3 is 15.5 Å². The van der Waals surface area contributed by atoms with Gasteiger partial charge in [0, 0.05) is 13.0 Å². The number of carbonyl (C=O) groups excluding carboxylic acids is 2. The molecule has 8 nitrogen and oxygen atoms in total. The number of ketones is 1. The summed E-state index contributed by atoms with van der Waals surface area (Å²) in [7, 11) is 0. The molecule has 3 aromatic rings. The number of carboxylic acid groups (broad SMARTS) is 1. The lowest BCUT2D eigenvalue weighted by Gasteiger charge is -2.21. The number of aliphatic hydroxyl groups excluding tert-OH is 1. The van der Waals surface area contributed by atoms with Gasteiger partial charge in [-0.2, -0.15) is 5.10 Å². The zero-order valence-electron chi connectivity index (χ0n) is 17.6. The van der Waals surface area contributed by atoms with E-state index in [0.29, 0.717) is 6.42 Å². The van der Waals surface area contributed by atoms with E-state index in [9.17, 15) is 24.6 Å². The van der Waals surface area contributed by atoms with Gasteiger partial charge in [0.1, 0.15) is 11.4 Å². The second-order valence-electron chi connectivity index (χ2n) is 7.61. The molecule has 0 saturated heterocycles. The van der Waals surface area contributed by atoms with E-state index >= 15 is 0 Å². The molecule has 0 fully saturated rings. The van der Waals surface area contributed by atoms with E-state index in [1.807, 2.05) is 54.6 Å². The molecular formula is C24H25N3O5. The molecule has 32 heavy (non-hydrogen) atoms. The highest BCUT2D eigenvalue weighted by atomic mass is 16.4. The second-order valence-corrected chi connectivity index (χ2v) is 7.61. The smallest absolute Gasteiger partial charge is 0.308 e. The molecule has 0 saturated carbocycles. The van der Waals surface area contributed by atoms with Crippen molar-refractivity contribution in [3.05, 3.63) is 77.6 Å². The molecule has 0 unspecified atom stereocenters. The minimum absolute atomic E-state index is 0.0473. The van der Waals surface area contributed by atoms with Gasteiger partial charge >= 0.3 is 5.97 Å². The number of hydrogen-bond donors (Lipinski definition) is 4. The maximum Gasteiger partial charge on any atom is 0.308 e. The third kappa shape index (κ3) is 5.89. The number of aromatic nitrogens is 2. The number of nitrogens with zero attached hydrogens (tertiary/aromatic N) is 1. The highest BCUT2D eigenvalue weighted by Gasteiger charge is 2.24. The van der Waals surface area contributed by atoms with E-state index in [0.717, 1.165) is 16.7 Å². The molecule has 2 atom stereocenters. The number of H-pyrrole nitrogens is 1. The Balaban J connectivity index is 1.76. The number of nitrogens with one attached hydrogen (secondary N) is 2. The molecule has 166 valence electrons. The fourth-order valence-electron chi connectivity index (χ4n) is 3.42. The van der Waals surface area contributed by atoms with Gasteiger partial charge in [0.05, 0.1) is 12.5 Å². The van der Waals surface area contributed by atoms with E-state index in [1.54, 1.807) is 0 Å². The summed E-state index contributed by atoms with van der Waals surface area (Å²) in [5.41, 5.74) is 3.28. The van der Waals surface area contributed by atoms with Gasteiger partial charge in [0.2, 0.25) is 0 Å². The SMILES string of the molecule is CC(=O)c1cc(C(=O)N[C@H](Cc2ccc(-c3ccccc3)cc2)C[C@@H](CO)C(=O)O)[nH]n1. The monoisotopic (exact) mass is 435 g/mol. The summed E-state index contributed by atoms with van der Waals surface area (Å²) in [6, 6.07) is 18.5. The van der Waals surface area contributed by atoms with Crippen molar-refractivity contribution in [2.24, 2.45) is 5.92 Å². The van der Waals surface area contributed by atoms with Crippen LogP contribution >= 0.6 is 0 Å². The highest BCUT2D eigenvalue weighted by Crippen LogP contribution is 2.21. The molecule has 0 aliphatic heterocycles. The second kappa shape index (κ2) is 10.5. The van der Waals surface area contributed by atoms with Crippen molar-refractivity contribution in [1.29, 1.82) is 0 Å².